The van der Waals surface area contributed by atoms with Crippen LogP contribution in [0.2, 0.25) is 5.02 Å². The molecule has 2 rings (SSSR count). The molecule has 0 aliphatic carbocycles. The smallest absolute Gasteiger partial charge is 0.125 e. The normalized spacial score (nSPS) is 10.6. The van der Waals surface area contributed by atoms with Crippen LogP contribution in [0.25, 0.3) is 0 Å². The number of aryl methyl sites for hydroxylation is 1. The molecule has 0 saturated carbocycles. The highest BCUT2D eigenvalue weighted by molar-refractivity contribution is 6.30. The van der Waals surface area contributed by atoms with Gasteiger partial charge in [0.15, 0.2) is 0 Å². The van der Waals surface area contributed by atoms with Crippen LogP contribution >= 0.6 is 11.6 Å². The van der Waals surface area contributed by atoms with Crippen LogP contribution in [0.15, 0.2) is 36.4 Å². The standard InChI is InChI=1S/C14H14ClFN2/c1-10-3-2-4-14(18-10)9-17-8-11-5-12(15)7-13(16)6-11/h2-7,17H,8-9H2,1H3. The van der Waals surface area contributed by atoms with Crippen molar-refractivity contribution in [3.05, 3.63) is 64.2 Å². The molecule has 2 nitrogen and oxygen atoms in total. The Morgan fingerprint density at radius 3 is 2.78 bits per heavy atom. The SMILES string of the molecule is Cc1cccc(CNCc2cc(F)cc(Cl)c2)n1. The number of halogens is 2. The van der Waals surface area contributed by atoms with Crippen LogP contribution in [0.3, 0.4) is 0 Å². The summed E-state index contributed by atoms with van der Waals surface area (Å²) in [5, 5.41) is 3.63. The molecule has 0 atom stereocenters. The minimum Gasteiger partial charge on any atom is -0.307 e. The molecule has 0 aliphatic rings. The van der Waals surface area contributed by atoms with E-state index in [2.05, 4.69) is 10.3 Å². The Morgan fingerprint density at radius 1 is 1.22 bits per heavy atom. The molecule has 0 unspecified atom stereocenters. The first kappa shape index (κ1) is 13.0. The van der Waals surface area contributed by atoms with Gasteiger partial charge in [-0.1, -0.05) is 17.7 Å². The largest absolute Gasteiger partial charge is 0.307 e. The van der Waals surface area contributed by atoms with Crippen LogP contribution in [0.5, 0.6) is 0 Å². The summed E-state index contributed by atoms with van der Waals surface area (Å²) in [5.74, 6) is -0.312. The van der Waals surface area contributed by atoms with E-state index < -0.39 is 0 Å². The average molecular weight is 265 g/mol. The number of benzene rings is 1. The summed E-state index contributed by atoms with van der Waals surface area (Å²) in [6, 6.07) is 10.4. The number of nitrogens with one attached hydrogen (secondary N) is 1. The number of pyridine rings is 1. The van der Waals surface area contributed by atoms with E-state index in [1.165, 1.54) is 12.1 Å². The Morgan fingerprint density at radius 2 is 2.06 bits per heavy atom. The lowest BCUT2D eigenvalue weighted by molar-refractivity contribution is 0.619. The Hall–Kier alpha value is -1.45. The van der Waals surface area contributed by atoms with Crippen LogP contribution in [-0.4, -0.2) is 4.98 Å². The third kappa shape index (κ3) is 3.79. The van der Waals surface area contributed by atoms with E-state index in [1.54, 1.807) is 6.07 Å². The van der Waals surface area contributed by atoms with E-state index in [9.17, 15) is 4.39 Å². The Kier molecular flexibility index (Phi) is 4.28. The van der Waals surface area contributed by atoms with Crippen molar-refractivity contribution in [1.29, 1.82) is 0 Å². The second kappa shape index (κ2) is 5.94. The number of hydrogen-bond acceptors (Lipinski definition) is 2. The molecule has 2 aromatic rings. The van der Waals surface area contributed by atoms with Crippen molar-refractivity contribution < 1.29 is 4.39 Å². The summed E-state index contributed by atoms with van der Waals surface area (Å²) in [7, 11) is 0. The first-order chi connectivity index (χ1) is 8.63. The van der Waals surface area contributed by atoms with Crippen molar-refractivity contribution in [3.8, 4) is 0 Å². The lowest BCUT2D eigenvalue weighted by atomic mass is 10.2. The highest BCUT2D eigenvalue weighted by Gasteiger charge is 2.00. The maximum absolute atomic E-state index is 13.1. The minimum absolute atomic E-state index is 0.312. The van der Waals surface area contributed by atoms with E-state index in [-0.39, 0.29) is 5.82 Å². The van der Waals surface area contributed by atoms with Gasteiger partial charge in [-0.25, -0.2) is 4.39 Å². The van der Waals surface area contributed by atoms with Crippen molar-refractivity contribution in [2.75, 3.05) is 0 Å². The fourth-order valence-corrected chi connectivity index (χ4v) is 1.99. The average Bonchev–Trinajstić information content (AvgIpc) is 2.27. The molecule has 1 N–H and O–H groups in total. The summed E-state index contributed by atoms with van der Waals surface area (Å²) in [6.45, 7) is 3.17. The Labute approximate surface area is 111 Å². The molecule has 0 fully saturated rings. The summed E-state index contributed by atoms with van der Waals surface area (Å²) < 4.78 is 13.1. The van der Waals surface area contributed by atoms with Crippen molar-refractivity contribution >= 4 is 11.6 Å². The van der Waals surface area contributed by atoms with E-state index >= 15 is 0 Å². The number of rotatable bonds is 4. The molecule has 1 heterocycles. The Bertz CT molecular complexity index is 523. The maximum Gasteiger partial charge on any atom is 0.125 e. The third-order valence-corrected chi connectivity index (χ3v) is 2.72. The molecule has 0 amide bonds. The van der Waals surface area contributed by atoms with Crippen LogP contribution in [0.1, 0.15) is 17.0 Å². The monoisotopic (exact) mass is 264 g/mol. The van der Waals surface area contributed by atoms with Gasteiger partial charge in [0, 0.05) is 23.8 Å². The summed E-state index contributed by atoms with van der Waals surface area (Å²) >= 11 is 5.79. The molecule has 18 heavy (non-hydrogen) atoms. The van der Waals surface area contributed by atoms with Gasteiger partial charge in [0.1, 0.15) is 5.82 Å². The first-order valence-electron chi connectivity index (χ1n) is 5.72. The predicted molar refractivity (Wildman–Crippen MR) is 70.9 cm³/mol. The van der Waals surface area contributed by atoms with Gasteiger partial charge in [0.05, 0.1) is 5.69 Å². The zero-order valence-electron chi connectivity index (χ0n) is 10.1. The molecular formula is C14H14ClFN2. The van der Waals surface area contributed by atoms with Gasteiger partial charge in [-0.05, 0) is 42.8 Å². The van der Waals surface area contributed by atoms with Crippen LogP contribution < -0.4 is 5.32 Å². The molecule has 0 aliphatic heterocycles. The van der Waals surface area contributed by atoms with Crippen LogP contribution in [-0.2, 0) is 13.1 Å². The highest BCUT2D eigenvalue weighted by atomic mass is 35.5. The van der Waals surface area contributed by atoms with Gasteiger partial charge in [-0.2, -0.15) is 0 Å². The van der Waals surface area contributed by atoms with E-state index in [4.69, 9.17) is 11.6 Å². The molecule has 1 aromatic carbocycles. The molecule has 1 aromatic heterocycles. The lowest BCUT2D eigenvalue weighted by Crippen LogP contribution is -2.14. The van der Waals surface area contributed by atoms with Gasteiger partial charge in [-0.15, -0.1) is 0 Å². The lowest BCUT2D eigenvalue weighted by Gasteiger charge is -2.06. The summed E-state index contributed by atoms with van der Waals surface area (Å²) in [5.41, 5.74) is 2.79. The summed E-state index contributed by atoms with van der Waals surface area (Å²) in [4.78, 5) is 4.38. The van der Waals surface area contributed by atoms with Crippen molar-refractivity contribution in [2.24, 2.45) is 0 Å². The maximum atomic E-state index is 13.1. The van der Waals surface area contributed by atoms with Crippen molar-refractivity contribution in [2.45, 2.75) is 20.0 Å². The zero-order chi connectivity index (χ0) is 13.0. The van der Waals surface area contributed by atoms with Gasteiger partial charge >= 0.3 is 0 Å². The molecule has 0 radical (unpaired) electrons. The quantitative estimate of drug-likeness (QED) is 0.915. The van der Waals surface area contributed by atoms with E-state index in [1.807, 2.05) is 25.1 Å². The number of nitrogens with zero attached hydrogens (tertiary/aromatic N) is 1. The predicted octanol–water partition coefficient (Wildman–Crippen LogP) is 3.47. The highest BCUT2D eigenvalue weighted by Crippen LogP contribution is 2.14. The number of aromatic nitrogens is 1. The van der Waals surface area contributed by atoms with Gasteiger partial charge in [-0.3, -0.25) is 4.98 Å². The molecule has 94 valence electrons. The van der Waals surface area contributed by atoms with Gasteiger partial charge in [0.25, 0.3) is 0 Å². The second-order valence-electron chi connectivity index (χ2n) is 4.15. The van der Waals surface area contributed by atoms with Crippen molar-refractivity contribution in [3.63, 3.8) is 0 Å². The third-order valence-electron chi connectivity index (χ3n) is 2.50. The molecule has 0 saturated heterocycles. The molecule has 0 bridgehead atoms. The fourth-order valence-electron chi connectivity index (χ4n) is 1.75. The molecule has 0 spiro atoms. The van der Waals surface area contributed by atoms with Gasteiger partial charge in [0.2, 0.25) is 0 Å². The minimum atomic E-state index is -0.312. The van der Waals surface area contributed by atoms with Gasteiger partial charge < -0.3 is 5.32 Å². The molecule has 4 heteroatoms. The topological polar surface area (TPSA) is 24.9 Å². The first-order valence-corrected chi connectivity index (χ1v) is 6.09. The van der Waals surface area contributed by atoms with Crippen LogP contribution in [0.4, 0.5) is 4.39 Å². The summed E-state index contributed by atoms with van der Waals surface area (Å²) in [6.07, 6.45) is 0. The van der Waals surface area contributed by atoms with E-state index in [0.29, 0.717) is 18.1 Å². The second-order valence-corrected chi connectivity index (χ2v) is 4.59. The fraction of sp³-hybridized carbons (Fsp3) is 0.214. The number of hydrogen-bond donors (Lipinski definition) is 1. The Balaban J connectivity index is 1.92. The zero-order valence-corrected chi connectivity index (χ0v) is 10.8. The van der Waals surface area contributed by atoms with Crippen molar-refractivity contribution in [1.82, 2.24) is 10.3 Å². The van der Waals surface area contributed by atoms with E-state index in [0.717, 1.165) is 17.0 Å². The molecular weight excluding hydrogens is 251 g/mol. The van der Waals surface area contributed by atoms with Crippen LogP contribution in [0, 0.1) is 12.7 Å².